The number of likely N-dealkylation sites (N-methyl/N-ethyl adjacent to an activating group) is 1. The Morgan fingerprint density at radius 3 is 2.62 bits per heavy atom. The van der Waals surface area contributed by atoms with Crippen LogP contribution in [0.3, 0.4) is 0 Å². The molecule has 1 aliphatic heterocycles. The van der Waals surface area contributed by atoms with Crippen LogP contribution in [0, 0.1) is 5.92 Å². The van der Waals surface area contributed by atoms with E-state index in [0.717, 1.165) is 39.3 Å². The molecule has 0 aromatic heterocycles. The lowest BCUT2D eigenvalue weighted by atomic mass is 10.0. The van der Waals surface area contributed by atoms with Crippen LogP contribution in [0.25, 0.3) is 0 Å². The van der Waals surface area contributed by atoms with E-state index in [1.165, 1.54) is 5.56 Å². The summed E-state index contributed by atoms with van der Waals surface area (Å²) in [7, 11) is 2.21. The van der Waals surface area contributed by atoms with Gasteiger partial charge < -0.3 is 20.3 Å². The summed E-state index contributed by atoms with van der Waals surface area (Å²) in [4.78, 5) is 2.42. The topological polar surface area (TPSA) is 36.5 Å². The van der Waals surface area contributed by atoms with Gasteiger partial charge in [0, 0.05) is 37.8 Å². The van der Waals surface area contributed by atoms with Crippen LogP contribution >= 0.6 is 0 Å². The van der Waals surface area contributed by atoms with Crippen LogP contribution < -0.4 is 10.6 Å². The smallest absolute Gasteiger partial charge is 0.0620 e. The molecule has 0 saturated carbocycles. The molecule has 3 unspecified atom stereocenters. The minimum absolute atomic E-state index is 0.483. The second kappa shape index (κ2) is 10.1. The molecule has 0 bridgehead atoms. The second-order valence-electron chi connectivity index (χ2n) is 7.56. The first-order valence-corrected chi connectivity index (χ1v) is 9.34. The van der Waals surface area contributed by atoms with Crippen LogP contribution in [0.2, 0.25) is 0 Å². The van der Waals surface area contributed by atoms with Crippen LogP contribution in [0.4, 0.5) is 0 Å². The fraction of sp³-hybridized carbons (Fsp3) is 0.700. The third-order valence-corrected chi connectivity index (χ3v) is 4.74. The fourth-order valence-corrected chi connectivity index (χ4v) is 3.38. The van der Waals surface area contributed by atoms with Crippen molar-refractivity contribution in [3.8, 4) is 0 Å². The van der Waals surface area contributed by atoms with Crippen molar-refractivity contribution in [1.29, 1.82) is 0 Å². The average molecular weight is 334 g/mol. The van der Waals surface area contributed by atoms with E-state index in [-0.39, 0.29) is 0 Å². The van der Waals surface area contributed by atoms with E-state index in [9.17, 15) is 0 Å². The Balaban J connectivity index is 1.79. The van der Waals surface area contributed by atoms with Gasteiger partial charge in [-0.1, -0.05) is 44.2 Å². The monoisotopic (exact) mass is 333 g/mol. The molecule has 1 fully saturated rings. The highest BCUT2D eigenvalue weighted by atomic mass is 16.5. The van der Waals surface area contributed by atoms with Gasteiger partial charge >= 0.3 is 0 Å². The lowest BCUT2D eigenvalue weighted by molar-refractivity contribution is 0.0700. The number of benzene rings is 1. The molecule has 0 radical (unpaired) electrons. The van der Waals surface area contributed by atoms with Crippen molar-refractivity contribution in [2.24, 2.45) is 5.92 Å². The molecular weight excluding hydrogens is 298 g/mol. The molecule has 1 aromatic carbocycles. The predicted molar refractivity (Wildman–Crippen MR) is 101 cm³/mol. The minimum Gasteiger partial charge on any atom is -0.379 e. The molecule has 4 heteroatoms. The first-order valence-electron chi connectivity index (χ1n) is 9.34. The molecular formula is C20H35N3O. The van der Waals surface area contributed by atoms with E-state index in [0.29, 0.717) is 24.0 Å². The summed E-state index contributed by atoms with van der Waals surface area (Å²) in [5, 5.41) is 7.39. The van der Waals surface area contributed by atoms with Gasteiger partial charge in [0.1, 0.15) is 0 Å². The van der Waals surface area contributed by atoms with Crippen LogP contribution in [0.1, 0.15) is 32.8 Å². The van der Waals surface area contributed by atoms with Gasteiger partial charge in [0.15, 0.2) is 0 Å². The van der Waals surface area contributed by atoms with Crippen molar-refractivity contribution in [2.75, 3.05) is 33.4 Å². The molecule has 1 saturated heterocycles. The Labute approximate surface area is 148 Å². The zero-order valence-electron chi connectivity index (χ0n) is 15.8. The van der Waals surface area contributed by atoms with E-state index in [2.05, 4.69) is 73.7 Å². The molecule has 4 nitrogen and oxygen atoms in total. The second-order valence-corrected chi connectivity index (χ2v) is 7.56. The van der Waals surface area contributed by atoms with Crippen LogP contribution in [-0.2, 0) is 11.3 Å². The highest BCUT2D eigenvalue weighted by Gasteiger charge is 2.21. The van der Waals surface area contributed by atoms with Crippen molar-refractivity contribution >= 4 is 0 Å². The summed E-state index contributed by atoms with van der Waals surface area (Å²) in [6, 6.07) is 12.2. The highest BCUT2D eigenvalue weighted by molar-refractivity contribution is 5.14. The maximum atomic E-state index is 5.57. The molecule has 0 aliphatic carbocycles. The van der Waals surface area contributed by atoms with Crippen LogP contribution in [-0.4, -0.2) is 56.4 Å². The van der Waals surface area contributed by atoms with Crippen molar-refractivity contribution in [2.45, 2.75) is 51.9 Å². The van der Waals surface area contributed by atoms with Crippen molar-refractivity contribution < 1.29 is 4.74 Å². The summed E-state index contributed by atoms with van der Waals surface area (Å²) < 4.78 is 5.57. The fourth-order valence-electron chi connectivity index (χ4n) is 3.38. The Kier molecular flexibility index (Phi) is 8.19. The molecule has 1 aliphatic rings. The lowest BCUT2D eigenvalue weighted by Gasteiger charge is -2.33. The summed E-state index contributed by atoms with van der Waals surface area (Å²) in [5.74, 6) is 0.612. The standard InChI is InChI=1S/C20H35N3O/c1-16(2)20(14-23(4)13-18-8-6-5-7-9-18)22-17(3)12-19-15-24-11-10-21-19/h5-9,16-17,19-22H,10-15H2,1-4H3. The largest absolute Gasteiger partial charge is 0.379 e. The average Bonchev–Trinajstić information content (AvgIpc) is 2.56. The quantitative estimate of drug-likeness (QED) is 0.728. The lowest BCUT2D eigenvalue weighted by Crippen LogP contribution is -2.50. The highest BCUT2D eigenvalue weighted by Crippen LogP contribution is 2.10. The summed E-state index contributed by atoms with van der Waals surface area (Å²) in [6.07, 6.45) is 1.12. The van der Waals surface area contributed by atoms with Gasteiger partial charge in [-0.25, -0.2) is 0 Å². The number of hydrogen-bond donors (Lipinski definition) is 2. The number of nitrogens with zero attached hydrogens (tertiary/aromatic N) is 1. The summed E-state index contributed by atoms with van der Waals surface area (Å²) >= 11 is 0. The van der Waals surface area contributed by atoms with Crippen LogP contribution in [0.15, 0.2) is 30.3 Å². The molecule has 2 N–H and O–H groups in total. The van der Waals surface area contributed by atoms with Gasteiger partial charge in [0.2, 0.25) is 0 Å². The van der Waals surface area contributed by atoms with E-state index in [1.807, 2.05) is 0 Å². The number of hydrogen-bond acceptors (Lipinski definition) is 4. The van der Waals surface area contributed by atoms with E-state index in [1.54, 1.807) is 0 Å². The zero-order valence-corrected chi connectivity index (χ0v) is 15.8. The Morgan fingerprint density at radius 1 is 1.25 bits per heavy atom. The van der Waals surface area contributed by atoms with Gasteiger partial charge in [0.25, 0.3) is 0 Å². The minimum atomic E-state index is 0.483. The van der Waals surface area contributed by atoms with Gasteiger partial charge in [0.05, 0.1) is 13.2 Å². The summed E-state index contributed by atoms with van der Waals surface area (Å²) in [6.45, 7) is 11.6. The maximum Gasteiger partial charge on any atom is 0.0620 e. The van der Waals surface area contributed by atoms with Gasteiger partial charge in [-0.05, 0) is 31.9 Å². The van der Waals surface area contributed by atoms with E-state index >= 15 is 0 Å². The number of ether oxygens (including phenoxy) is 1. The predicted octanol–water partition coefficient (Wildman–Crippen LogP) is 2.50. The molecule has 1 aromatic rings. The van der Waals surface area contributed by atoms with E-state index in [4.69, 9.17) is 4.74 Å². The van der Waals surface area contributed by atoms with Crippen molar-refractivity contribution in [3.63, 3.8) is 0 Å². The first kappa shape index (κ1) is 19.4. The third kappa shape index (κ3) is 6.89. The molecule has 136 valence electrons. The molecule has 0 amide bonds. The molecule has 0 spiro atoms. The zero-order chi connectivity index (χ0) is 17.4. The Bertz CT molecular complexity index is 445. The SMILES string of the molecule is CC(CC1COCCN1)NC(CN(C)Cc1ccccc1)C(C)C. The molecule has 24 heavy (non-hydrogen) atoms. The normalized spacial score (nSPS) is 21.2. The number of rotatable bonds is 9. The van der Waals surface area contributed by atoms with Crippen molar-refractivity contribution in [3.05, 3.63) is 35.9 Å². The summed E-state index contributed by atoms with van der Waals surface area (Å²) in [5.41, 5.74) is 1.37. The van der Waals surface area contributed by atoms with Gasteiger partial charge in [-0.2, -0.15) is 0 Å². The molecule has 3 atom stereocenters. The number of morpholine rings is 1. The third-order valence-electron chi connectivity index (χ3n) is 4.74. The van der Waals surface area contributed by atoms with E-state index < -0.39 is 0 Å². The molecule has 2 rings (SSSR count). The van der Waals surface area contributed by atoms with Crippen molar-refractivity contribution in [1.82, 2.24) is 15.5 Å². The molecule has 1 heterocycles. The van der Waals surface area contributed by atoms with Crippen LogP contribution in [0.5, 0.6) is 0 Å². The van der Waals surface area contributed by atoms with Gasteiger partial charge in [-0.3, -0.25) is 0 Å². The van der Waals surface area contributed by atoms with Gasteiger partial charge in [-0.15, -0.1) is 0 Å². The maximum absolute atomic E-state index is 5.57. The Morgan fingerprint density at radius 2 is 2.00 bits per heavy atom. The first-order chi connectivity index (χ1) is 11.5. The number of nitrogens with one attached hydrogen (secondary N) is 2. The Hall–Kier alpha value is -0.940.